The first kappa shape index (κ1) is 21.1. The molecular weight excluding hydrogens is 382 g/mol. The number of carbonyl (C=O) groups is 2. The van der Waals surface area contributed by atoms with E-state index in [4.69, 9.17) is 9.47 Å². The van der Waals surface area contributed by atoms with Crippen LogP contribution in [0.5, 0.6) is 5.75 Å². The summed E-state index contributed by atoms with van der Waals surface area (Å²) in [7, 11) is 2.93. The minimum Gasteiger partial charge on any atom is -0.489 e. The van der Waals surface area contributed by atoms with E-state index in [1.807, 2.05) is 18.2 Å². The molecule has 7 nitrogen and oxygen atoms in total. The van der Waals surface area contributed by atoms with Crippen LogP contribution in [0.2, 0.25) is 0 Å². The van der Waals surface area contributed by atoms with E-state index >= 15 is 0 Å². The van der Waals surface area contributed by atoms with Crippen LogP contribution >= 0.6 is 0 Å². The predicted molar refractivity (Wildman–Crippen MR) is 114 cm³/mol. The van der Waals surface area contributed by atoms with Crippen molar-refractivity contribution in [1.29, 1.82) is 0 Å². The molecule has 0 saturated carbocycles. The second kappa shape index (κ2) is 9.26. The van der Waals surface area contributed by atoms with Crippen molar-refractivity contribution in [2.75, 3.05) is 12.4 Å². The zero-order chi connectivity index (χ0) is 21.7. The van der Waals surface area contributed by atoms with Crippen molar-refractivity contribution in [1.82, 2.24) is 9.78 Å². The van der Waals surface area contributed by atoms with Gasteiger partial charge < -0.3 is 14.8 Å². The predicted octanol–water partition coefficient (Wildman–Crippen LogP) is 4.16. The number of benzene rings is 2. The van der Waals surface area contributed by atoms with Gasteiger partial charge in [0.25, 0.3) is 5.91 Å². The average Bonchev–Trinajstić information content (AvgIpc) is 3.12. The first-order chi connectivity index (χ1) is 14.4. The summed E-state index contributed by atoms with van der Waals surface area (Å²) in [5, 5.41) is 6.75. The molecule has 0 unspecified atom stereocenters. The lowest BCUT2D eigenvalue weighted by Gasteiger charge is -2.10. The number of aryl methyl sites for hydroxylation is 1. The van der Waals surface area contributed by atoms with Gasteiger partial charge in [0.2, 0.25) is 0 Å². The first-order valence-electron chi connectivity index (χ1n) is 9.62. The number of hydrogen-bond donors (Lipinski definition) is 1. The second-order valence-corrected chi connectivity index (χ2v) is 7.22. The molecule has 3 rings (SSSR count). The van der Waals surface area contributed by atoms with E-state index in [2.05, 4.69) is 36.4 Å². The molecule has 3 aromatic rings. The van der Waals surface area contributed by atoms with Gasteiger partial charge in [0.15, 0.2) is 5.69 Å². The Morgan fingerprint density at radius 1 is 1.13 bits per heavy atom. The molecule has 0 atom stereocenters. The van der Waals surface area contributed by atoms with E-state index in [0.29, 0.717) is 23.8 Å². The fourth-order valence-corrected chi connectivity index (χ4v) is 2.94. The Kier molecular flexibility index (Phi) is 6.51. The fourth-order valence-electron chi connectivity index (χ4n) is 2.94. The van der Waals surface area contributed by atoms with Crippen molar-refractivity contribution < 1.29 is 19.1 Å². The molecule has 1 heterocycles. The van der Waals surface area contributed by atoms with E-state index in [0.717, 1.165) is 11.3 Å². The summed E-state index contributed by atoms with van der Waals surface area (Å²) in [5.41, 5.74) is 2.91. The number of nitrogens with zero attached hydrogens (tertiary/aromatic N) is 2. The molecule has 0 fully saturated rings. The number of esters is 1. The summed E-state index contributed by atoms with van der Waals surface area (Å²) in [6, 6.07) is 15.1. The summed E-state index contributed by atoms with van der Waals surface area (Å²) >= 11 is 0. The van der Waals surface area contributed by atoms with E-state index in [9.17, 15) is 9.59 Å². The first-order valence-corrected chi connectivity index (χ1v) is 9.62. The quantitative estimate of drug-likeness (QED) is 0.595. The lowest BCUT2D eigenvalue weighted by atomic mass is 10.0. The van der Waals surface area contributed by atoms with Gasteiger partial charge in [-0.25, -0.2) is 4.79 Å². The van der Waals surface area contributed by atoms with Crippen LogP contribution in [0.15, 0.2) is 54.7 Å². The second-order valence-electron chi connectivity index (χ2n) is 7.22. The van der Waals surface area contributed by atoms with Gasteiger partial charge in [0.05, 0.1) is 12.8 Å². The van der Waals surface area contributed by atoms with Gasteiger partial charge in [-0.1, -0.05) is 38.1 Å². The number of nitrogens with one attached hydrogen (secondary N) is 1. The maximum atomic E-state index is 12.7. The summed E-state index contributed by atoms with van der Waals surface area (Å²) in [6.07, 6.45) is 1.55. The highest BCUT2D eigenvalue weighted by atomic mass is 16.5. The third kappa shape index (κ3) is 5.05. The van der Waals surface area contributed by atoms with Gasteiger partial charge >= 0.3 is 5.97 Å². The molecule has 156 valence electrons. The third-order valence-corrected chi connectivity index (χ3v) is 4.60. The van der Waals surface area contributed by atoms with Crippen LogP contribution in [-0.2, 0) is 18.4 Å². The maximum Gasteiger partial charge on any atom is 0.360 e. The minimum absolute atomic E-state index is 0.0534. The zero-order valence-electron chi connectivity index (χ0n) is 17.5. The third-order valence-electron chi connectivity index (χ3n) is 4.60. The molecule has 30 heavy (non-hydrogen) atoms. The van der Waals surface area contributed by atoms with E-state index in [1.54, 1.807) is 31.4 Å². The largest absolute Gasteiger partial charge is 0.489 e. The number of rotatable bonds is 7. The van der Waals surface area contributed by atoms with E-state index in [-0.39, 0.29) is 11.6 Å². The SMILES string of the molecule is COC(=O)c1nn(C)cc1NC(=O)c1cccc(COc2ccc(C(C)C)cc2)c1. The molecule has 0 radical (unpaired) electrons. The van der Waals surface area contributed by atoms with Gasteiger partial charge in [0, 0.05) is 18.8 Å². The molecule has 0 aliphatic heterocycles. The molecule has 0 spiro atoms. The zero-order valence-corrected chi connectivity index (χ0v) is 17.5. The highest BCUT2D eigenvalue weighted by Gasteiger charge is 2.19. The minimum atomic E-state index is -0.614. The Hall–Kier alpha value is -3.61. The maximum absolute atomic E-state index is 12.7. The number of aromatic nitrogens is 2. The molecule has 0 saturated heterocycles. The molecule has 0 bridgehead atoms. The van der Waals surface area contributed by atoms with Crippen LogP contribution in [0.3, 0.4) is 0 Å². The van der Waals surface area contributed by atoms with Crippen molar-refractivity contribution in [2.24, 2.45) is 7.05 Å². The molecule has 7 heteroatoms. The van der Waals surface area contributed by atoms with Crippen LogP contribution in [0, 0.1) is 0 Å². The van der Waals surface area contributed by atoms with Crippen LogP contribution in [0.25, 0.3) is 0 Å². The lowest BCUT2D eigenvalue weighted by Crippen LogP contribution is -2.15. The standard InChI is InChI=1S/C23H25N3O4/c1-15(2)17-8-10-19(11-9-17)30-14-16-6-5-7-18(12-16)22(27)24-20-13-26(3)25-21(20)23(28)29-4/h5-13,15H,14H2,1-4H3,(H,24,27). The number of anilines is 1. The van der Waals surface area contributed by atoms with Gasteiger partial charge in [-0.3, -0.25) is 9.48 Å². The molecule has 1 N–H and O–H groups in total. The molecule has 2 aromatic carbocycles. The summed E-state index contributed by atoms with van der Waals surface area (Å²) < 4.78 is 12.0. The van der Waals surface area contributed by atoms with Gasteiger partial charge in [-0.2, -0.15) is 5.10 Å². The van der Waals surface area contributed by atoms with Crippen LogP contribution in [0.4, 0.5) is 5.69 Å². The number of hydrogen-bond acceptors (Lipinski definition) is 5. The Balaban J connectivity index is 1.68. The average molecular weight is 407 g/mol. The Bertz CT molecular complexity index is 1040. The number of ether oxygens (including phenoxy) is 2. The normalized spacial score (nSPS) is 10.7. The van der Waals surface area contributed by atoms with E-state index < -0.39 is 5.97 Å². The van der Waals surface area contributed by atoms with Crippen LogP contribution in [0.1, 0.15) is 51.7 Å². The molecule has 0 aliphatic carbocycles. The molecule has 1 aromatic heterocycles. The smallest absolute Gasteiger partial charge is 0.360 e. The fraction of sp³-hybridized carbons (Fsp3) is 0.261. The number of methoxy groups -OCH3 is 1. The van der Waals surface area contributed by atoms with Crippen molar-refractivity contribution in [3.05, 3.63) is 77.1 Å². The van der Waals surface area contributed by atoms with Crippen LogP contribution < -0.4 is 10.1 Å². The molecule has 1 amide bonds. The lowest BCUT2D eigenvalue weighted by molar-refractivity contribution is 0.0594. The van der Waals surface area contributed by atoms with E-state index in [1.165, 1.54) is 17.4 Å². The van der Waals surface area contributed by atoms with Gasteiger partial charge in [0.1, 0.15) is 12.4 Å². The topological polar surface area (TPSA) is 82.5 Å². The van der Waals surface area contributed by atoms with Crippen molar-refractivity contribution in [3.8, 4) is 5.75 Å². The van der Waals surface area contributed by atoms with Gasteiger partial charge in [-0.05, 0) is 41.3 Å². The Morgan fingerprint density at radius 3 is 2.53 bits per heavy atom. The van der Waals surface area contributed by atoms with Crippen molar-refractivity contribution in [3.63, 3.8) is 0 Å². The van der Waals surface area contributed by atoms with Crippen molar-refractivity contribution in [2.45, 2.75) is 26.4 Å². The summed E-state index contributed by atoms with van der Waals surface area (Å²) in [4.78, 5) is 24.5. The number of carbonyl (C=O) groups excluding carboxylic acids is 2. The summed E-state index contributed by atoms with van der Waals surface area (Å²) in [6.45, 7) is 4.63. The van der Waals surface area contributed by atoms with Gasteiger partial charge in [-0.15, -0.1) is 0 Å². The molecular formula is C23H25N3O4. The Morgan fingerprint density at radius 2 is 1.87 bits per heavy atom. The monoisotopic (exact) mass is 407 g/mol. The molecule has 0 aliphatic rings. The van der Waals surface area contributed by atoms with Crippen LogP contribution in [-0.4, -0.2) is 28.8 Å². The highest BCUT2D eigenvalue weighted by molar-refractivity contribution is 6.07. The highest BCUT2D eigenvalue weighted by Crippen LogP contribution is 2.20. The summed E-state index contributed by atoms with van der Waals surface area (Å²) in [5.74, 6) is 0.272. The van der Waals surface area contributed by atoms with Crippen molar-refractivity contribution >= 4 is 17.6 Å². The Labute approximate surface area is 175 Å². The number of amides is 1.